The molecule has 1 saturated heterocycles. The molecule has 0 atom stereocenters. The van der Waals surface area contributed by atoms with Crippen LogP contribution < -0.4 is 9.80 Å². The number of carbonyl (C=O) groups is 1. The van der Waals surface area contributed by atoms with Crippen LogP contribution in [0.15, 0.2) is 18.2 Å². The lowest BCUT2D eigenvalue weighted by atomic mass is 10.1. The summed E-state index contributed by atoms with van der Waals surface area (Å²) < 4.78 is 9.04. The second-order valence-electron chi connectivity index (χ2n) is 6.12. The standard InChI is InChI=1S/C17H21N5O4S/c1-3-15-18-17(27-19-15)21-8-4-7-20(9-10-21)12-5-6-14(22(24)25)13(11-12)16(23)26-2/h5-6,11H,3-4,7-10H2,1-2H3. The van der Waals surface area contributed by atoms with Crippen molar-refractivity contribution in [2.75, 3.05) is 43.1 Å². The van der Waals surface area contributed by atoms with Gasteiger partial charge in [0.2, 0.25) is 5.13 Å². The summed E-state index contributed by atoms with van der Waals surface area (Å²) in [4.78, 5) is 31.4. The Morgan fingerprint density at radius 1 is 1.30 bits per heavy atom. The van der Waals surface area contributed by atoms with Crippen molar-refractivity contribution in [3.8, 4) is 0 Å². The molecule has 1 fully saturated rings. The Morgan fingerprint density at radius 2 is 2.04 bits per heavy atom. The first-order chi connectivity index (χ1) is 13.0. The normalized spacial score (nSPS) is 14.7. The van der Waals surface area contributed by atoms with Crippen molar-refractivity contribution in [1.29, 1.82) is 0 Å². The number of aryl methyl sites for hydroxylation is 1. The first kappa shape index (κ1) is 19.0. The highest BCUT2D eigenvalue weighted by atomic mass is 32.1. The molecule has 3 rings (SSSR count). The minimum atomic E-state index is -0.707. The van der Waals surface area contributed by atoms with Gasteiger partial charge in [-0.05, 0) is 18.6 Å². The van der Waals surface area contributed by atoms with E-state index in [1.165, 1.54) is 24.7 Å². The molecule has 1 aliphatic heterocycles. The first-order valence-corrected chi connectivity index (χ1v) is 9.50. The molecule has 0 bridgehead atoms. The van der Waals surface area contributed by atoms with E-state index in [1.807, 2.05) is 6.92 Å². The molecule has 0 unspecified atom stereocenters. The van der Waals surface area contributed by atoms with Crippen LogP contribution >= 0.6 is 11.5 Å². The van der Waals surface area contributed by atoms with E-state index in [0.29, 0.717) is 0 Å². The Balaban J connectivity index is 1.78. The van der Waals surface area contributed by atoms with Gasteiger partial charge in [0.15, 0.2) is 0 Å². The highest BCUT2D eigenvalue weighted by Gasteiger charge is 2.24. The summed E-state index contributed by atoms with van der Waals surface area (Å²) in [5.41, 5.74) is 0.496. The van der Waals surface area contributed by atoms with E-state index in [4.69, 9.17) is 4.74 Å². The number of hydrogen-bond donors (Lipinski definition) is 0. The van der Waals surface area contributed by atoms with Gasteiger partial charge < -0.3 is 14.5 Å². The molecule has 144 valence electrons. The molecule has 1 aromatic carbocycles. The van der Waals surface area contributed by atoms with Crippen molar-refractivity contribution in [2.45, 2.75) is 19.8 Å². The third-order valence-electron chi connectivity index (χ3n) is 4.49. The maximum Gasteiger partial charge on any atom is 0.344 e. The van der Waals surface area contributed by atoms with Crippen LogP contribution in [0.5, 0.6) is 0 Å². The number of nitro groups is 1. The Bertz CT molecular complexity index is 840. The van der Waals surface area contributed by atoms with Crippen LogP contribution in [0.25, 0.3) is 0 Å². The van der Waals surface area contributed by atoms with Gasteiger partial charge in [-0.15, -0.1) is 0 Å². The van der Waals surface area contributed by atoms with Crippen molar-refractivity contribution in [2.24, 2.45) is 0 Å². The van der Waals surface area contributed by atoms with Gasteiger partial charge in [-0.2, -0.15) is 4.37 Å². The SMILES string of the molecule is CCc1nsc(N2CCCN(c3ccc([N+](=O)[O-])c(C(=O)OC)c3)CC2)n1. The lowest BCUT2D eigenvalue weighted by Crippen LogP contribution is -2.30. The number of aromatic nitrogens is 2. The summed E-state index contributed by atoms with van der Waals surface area (Å²) in [7, 11) is 1.22. The van der Waals surface area contributed by atoms with Crippen LogP contribution in [-0.4, -0.2) is 53.5 Å². The van der Waals surface area contributed by atoms with Crippen molar-refractivity contribution in [3.05, 3.63) is 39.7 Å². The zero-order valence-electron chi connectivity index (χ0n) is 15.3. The average molecular weight is 391 g/mol. The van der Waals surface area contributed by atoms with Crippen LogP contribution in [0.2, 0.25) is 0 Å². The van der Waals surface area contributed by atoms with E-state index in [1.54, 1.807) is 12.1 Å². The monoisotopic (exact) mass is 391 g/mol. The fraction of sp³-hybridized carbons (Fsp3) is 0.471. The fourth-order valence-electron chi connectivity index (χ4n) is 3.04. The highest BCUT2D eigenvalue weighted by Crippen LogP contribution is 2.27. The smallest absolute Gasteiger partial charge is 0.344 e. The number of ether oxygens (including phenoxy) is 1. The third-order valence-corrected chi connectivity index (χ3v) is 5.30. The molecule has 10 heteroatoms. The first-order valence-electron chi connectivity index (χ1n) is 8.72. The van der Waals surface area contributed by atoms with Crippen LogP contribution in [0.1, 0.15) is 29.5 Å². The Morgan fingerprint density at radius 3 is 2.70 bits per heavy atom. The van der Waals surface area contributed by atoms with E-state index in [2.05, 4.69) is 19.2 Å². The van der Waals surface area contributed by atoms with E-state index in [9.17, 15) is 14.9 Å². The third kappa shape index (κ3) is 4.16. The van der Waals surface area contributed by atoms with Gasteiger partial charge in [-0.25, -0.2) is 9.78 Å². The number of esters is 1. The summed E-state index contributed by atoms with van der Waals surface area (Å²) >= 11 is 1.41. The topological polar surface area (TPSA) is 102 Å². The van der Waals surface area contributed by atoms with E-state index >= 15 is 0 Å². The number of carbonyl (C=O) groups excluding carboxylic acids is 1. The van der Waals surface area contributed by atoms with E-state index in [-0.39, 0.29) is 11.3 Å². The molecular weight excluding hydrogens is 370 g/mol. The van der Waals surface area contributed by atoms with Crippen LogP contribution in [0, 0.1) is 10.1 Å². The Kier molecular flexibility index (Phi) is 5.84. The molecule has 0 amide bonds. The van der Waals surface area contributed by atoms with Gasteiger partial charge in [-0.3, -0.25) is 10.1 Å². The molecule has 9 nitrogen and oxygen atoms in total. The van der Waals surface area contributed by atoms with E-state index < -0.39 is 10.9 Å². The Hall–Kier alpha value is -2.75. The van der Waals surface area contributed by atoms with Crippen molar-refractivity contribution < 1.29 is 14.5 Å². The van der Waals surface area contributed by atoms with Crippen LogP contribution in [0.3, 0.4) is 0 Å². The zero-order valence-corrected chi connectivity index (χ0v) is 16.1. The largest absolute Gasteiger partial charge is 0.465 e. The molecular formula is C17H21N5O4S. The lowest BCUT2D eigenvalue weighted by molar-refractivity contribution is -0.385. The lowest BCUT2D eigenvalue weighted by Gasteiger charge is -2.23. The van der Waals surface area contributed by atoms with Gasteiger partial charge in [0.1, 0.15) is 11.4 Å². The maximum absolute atomic E-state index is 11.9. The zero-order chi connectivity index (χ0) is 19.4. The molecule has 2 aromatic rings. The molecule has 0 radical (unpaired) electrons. The minimum absolute atomic E-state index is 0.0298. The summed E-state index contributed by atoms with van der Waals surface area (Å²) in [5.74, 6) is 0.148. The molecule has 0 spiro atoms. The average Bonchev–Trinajstić information content (AvgIpc) is 3.03. The number of hydrogen-bond acceptors (Lipinski definition) is 9. The molecule has 0 saturated carbocycles. The summed E-state index contributed by atoms with van der Waals surface area (Å²) in [6.07, 6.45) is 1.72. The summed E-state index contributed by atoms with van der Waals surface area (Å²) in [6.45, 7) is 5.17. The number of anilines is 2. The van der Waals surface area contributed by atoms with Crippen LogP contribution in [0.4, 0.5) is 16.5 Å². The van der Waals surface area contributed by atoms with Gasteiger partial charge in [0, 0.05) is 55.9 Å². The van der Waals surface area contributed by atoms with Crippen molar-refractivity contribution in [3.63, 3.8) is 0 Å². The molecule has 1 aromatic heterocycles. The summed E-state index contributed by atoms with van der Waals surface area (Å²) in [5, 5.41) is 12.1. The molecule has 27 heavy (non-hydrogen) atoms. The number of methoxy groups -OCH3 is 1. The quantitative estimate of drug-likeness (QED) is 0.435. The number of benzene rings is 1. The van der Waals surface area contributed by atoms with Crippen molar-refractivity contribution >= 4 is 34.0 Å². The second kappa shape index (κ2) is 8.30. The Labute approximate surface area is 160 Å². The maximum atomic E-state index is 11.9. The highest BCUT2D eigenvalue weighted by molar-refractivity contribution is 7.09. The molecule has 0 aliphatic carbocycles. The second-order valence-corrected chi connectivity index (χ2v) is 6.85. The predicted molar refractivity (Wildman–Crippen MR) is 103 cm³/mol. The van der Waals surface area contributed by atoms with Crippen LogP contribution in [-0.2, 0) is 11.2 Å². The minimum Gasteiger partial charge on any atom is -0.465 e. The number of nitrogens with zero attached hydrogens (tertiary/aromatic N) is 5. The number of rotatable bonds is 5. The van der Waals surface area contributed by atoms with Crippen molar-refractivity contribution in [1.82, 2.24) is 9.36 Å². The van der Waals surface area contributed by atoms with Gasteiger partial charge in [-0.1, -0.05) is 6.92 Å². The van der Waals surface area contributed by atoms with E-state index in [0.717, 1.165) is 55.7 Å². The number of nitro benzene ring substituents is 1. The predicted octanol–water partition coefficient (Wildman–Crippen LogP) is 2.51. The molecule has 2 heterocycles. The molecule has 1 aliphatic rings. The van der Waals surface area contributed by atoms with Gasteiger partial charge >= 0.3 is 5.97 Å². The summed E-state index contributed by atoms with van der Waals surface area (Å²) in [6, 6.07) is 4.59. The fourth-order valence-corrected chi connectivity index (χ4v) is 3.84. The van der Waals surface area contributed by atoms with Gasteiger partial charge in [0.25, 0.3) is 5.69 Å². The van der Waals surface area contributed by atoms with Gasteiger partial charge in [0.05, 0.1) is 12.0 Å². The molecule has 0 N–H and O–H groups in total.